The fourth-order valence-corrected chi connectivity index (χ4v) is 2.55. The van der Waals surface area contributed by atoms with Gasteiger partial charge in [0.15, 0.2) is 5.69 Å². The van der Waals surface area contributed by atoms with Crippen LogP contribution in [0.3, 0.4) is 0 Å². The van der Waals surface area contributed by atoms with Crippen molar-refractivity contribution in [2.24, 2.45) is 0 Å². The Morgan fingerprint density at radius 2 is 2.00 bits per heavy atom. The summed E-state index contributed by atoms with van der Waals surface area (Å²) in [6, 6.07) is 13.2. The SMILES string of the molecule is O=C(NCc1cn(Cc2ccccn2)nn1)c1n[nH]c2ccccc12. The van der Waals surface area contributed by atoms with Crippen LogP contribution in [-0.4, -0.2) is 36.1 Å². The molecule has 0 saturated heterocycles. The summed E-state index contributed by atoms with van der Waals surface area (Å²) < 4.78 is 1.69. The monoisotopic (exact) mass is 333 g/mol. The molecule has 4 rings (SSSR count). The molecule has 0 fully saturated rings. The highest BCUT2D eigenvalue weighted by Gasteiger charge is 2.14. The van der Waals surface area contributed by atoms with E-state index in [1.165, 1.54) is 0 Å². The average molecular weight is 333 g/mol. The predicted octanol–water partition coefficient (Wildman–Crippen LogP) is 1.53. The van der Waals surface area contributed by atoms with Crippen molar-refractivity contribution in [1.82, 2.24) is 35.5 Å². The summed E-state index contributed by atoms with van der Waals surface area (Å²) in [5.74, 6) is -0.253. The Hall–Kier alpha value is -3.55. The zero-order chi connectivity index (χ0) is 17.1. The molecule has 0 atom stereocenters. The first kappa shape index (κ1) is 15.0. The summed E-state index contributed by atoms with van der Waals surface area (Å²) in [6.45, 7) is 0.814. The highest BCUT2D eigenvalue weighted by Crippen LogP contribution is 2.14. The number of carbonyl (C=O) groups excluding carboxylic acids is 1. The van der Waals surface area contributed by atoms with E-state index in [1.807, 2.05) is 42.5 Å². The maximum atomic E-state index is 12.3. The van der Waals surface area contributed by atoms with E-state index in [1.54, 1.807) is 17.1 Å². The molecule has 1 amide bonds. The third kappa shape index (κ3) is 3.23. The number of hydrogen-bond donors (Lipinski definition) is 2. The minimum absolute atomic E-state index is 0.253. The molecule has 0 spiro atoms. The highest BCUT2D eigenvalue weighted by molar-refractivity contribution is 6.04. The molecule has 0 aliphatic rings. The molecule has 1 aromatic carbocycles. The number of carbonyl (C=O) groups is 1. The second kappa shape index (κ2) is 6.52. The van der Waals surface area contributed by atoms with Crippen LogP contribution < -0.4 is 5.32 Å². The topological polar surface area (TPSA) is 101 Å². The number of aromatic nitrogens is 6. The molecule has 0 saturated carbocycles. The maximum absolute atomic E-state index is 12.3. The van der Waals surface area contributed by atoms with Gasteiger partial charge in [-0.25, -0.2) is 4.68 Å². The van der Waals surface area contributed by atoms with Crippen LogP contribution in [0.4, 0.5) is 0 Å². The van der Waals surface area contributed by atoms with Gasteiger partial charge in [0, 0.05) is 11.6 Å². The van der Waals surface area contributed by atoms with Gasteiger partial charge in [0.1, 0.15) is 5.69 Å². The van der Waals surface area contributed by atoms with Crippen LogP contribution in [0.5, 0.6) is 0 Å². The Balaban J connectivity index is 1.41. The summed E-state index contributed by atoms with van der Waals surface area (Å²) in [5, 5.41) is 18.7. The number of H-pyrrole nitrogens is 1. The maximum Gasteiger partial charge on any atom is 0.272 e. The first-order chi connectivity index (χ1) is 12.3. The molecule has 3 heterocycles. The number of para-hydroxylation sites is 1. The molecule has 4 aromatic rings. The predicted molar refractivity (Wildman–Crippen MR) is 90.6 cm³/mol. The highest BCUT2D eigenvalue weighted by atomic mass is 16.1. The van der Waals surface area contributed by atoms with Gasteiger partial charge in [0.05, 0.1) is 30.5 Å². The summed E-state index contributed by atoms with van der Waals surface area (Å²) in [5.41, 5.74) is 2.76. The van der Waals surface area contributed by atoms with Gasteiger partial charge in [-0.1, -0.05) is 29.5 Å². The molecule has 0 bridgehead atoms. The minimum atomic E-state index is -0.253. The fraction of sp³-hybridized carbons (Fsp3) is 0.118. The van der Waals surface area contributed by atoms with Gasteiger partial charge in [-0.05, 0) is 18.2 Å². The molecule has 2 N–H and O–H groups in total. The number of benzene rings is 1. The Morgan fingerprint density at radius 3 is 2.88 bits per heavy atom. The molecule has 8 heteroatoms. The van der Waals surface area contributed by atoms with Crippen LogP contribution >= 0.6 is 0 Å². The van der Waals surface area contributed by atoms with Crippen LogP contribution in [0.15, 0.2) is 54.9 Å². The summed E-state index contributed by atoms with van der Waals surface area (Å²) in [6.07, 6.45) is 3.53. The smallest absolute Gasteiger partial charge is 0.272 e. The molecule has 124 valence electrons. The number of nitrogens with zero attached hydrogens (tertiary/aromatic N) is 5. The van der Waals surface area contributed by atoms with E-state index in [0.717, 1.165) is 16.6 Å². The van der Waals surface area contributed by atoms with E-state index < -0.39 is 0 Å². The van der Waals surface area contributed by atoms with Crippen molar-refractivity contribution in [3.63, 3.8) is 0 Å². The van der Waals surface area contributed by atoms with E-state index >= 15 is 0 Å². The molecule has 0 aliphatic heterocycles. The van der Waals surface area contributed by atoms with Crippen molar-refractivity contribution in [2.45, 2.75) is 13.1 Å². The third-order valence-electron chi connectivity index (χ3n) is 3.75. The lowest BCUT2D eigenvalue weighted by Gasteiger charge is -2.00. The number of rotatable bonds is 5. The van der Waals surface area contributed by atoms with E-state index in [2.05, 4.69) is 30.8 Å². The molecule has 3 aromatic heterocycles. The van der Waals surface area contributed by atoms with Gasteiger partial charge in [0.2, 0.25) is 0 Å². The lowest BCUT2D eigenvalue weighted by Crippen LogP contribution is -2.23. The van der Waals surface area contributed by atoms with Crippen LogP contribution in [0, 0.1) is 0 Å². The normalized spacial score (nSPS) is 10.9. The van der Waals surface area contributed by atoms with Crippen LogP contribution in [-0.2, 0) is 13.1 Å². The van der Waals surface area contributed by atoms with Crippen LogP contribution in [0.1, 0.15) is 21.9 Å². The zero-order valence-corrected chi connectivity index (χ0v) is 13.3. The van der Waals surface area contributed by atoms with Gasteiger partial charge >= 0.3 is 0 Å². The fourth-order valence-electron chi connectivity index (χ4n) is 2.55. The standard InChI is InChI=1S/C17H15N7O/c25-17(16-14-6-1-2-7-15(14)21-22-16)19-9-13-11-24(23-20-13)10-12-5-3-4-8-18-12/h1-8,11H,9-10H2,(H,19,25)(H,21,22). The van der Waals surface area contributed by atoms with Crippen molar-refractivity contribution in [3.8, 4) is 0 Å². The van der Waals surface area contributed by atoms with Gasteiger partial charge in [0.25, 0.3) is 5.91 Å². The van der Waals surface area contributed by atoms with Crippen molar-refractivity contribution < 1.29 is 4.79 Å². The van der Waals surface area contributed by atoms with Gasteiger partial charge in [-0.2, -0.15) is 5.10 Å². The van der Waals surface area contributed by atoms with E-state index in [9.17, 15) is 4.79 Å². The van der Waals surface area contributed by atoms with Gasteiger partial charge in [-0.15, -0.1) is 5.10 Å². The molecule has 8 nitrogen and oxygen atoms in total. The first-order valence-corrected chi connectivity index (χ1v) is 7.80. The summed E-state index contributed by atoms with van der Waals surface area (Å²) in [4.78, 5) is 16.6. The number of pyridine rings is 1. The second-order valence-electron chi connectivity index (χ2n) is 5.53. The van der Waals surface area contributed by atoms with Gasteiger partial charge < -0.3 is 5.32 Å². The Kier molecular flexibility index (Phi) is 3.91. The number of nitrogens with one attached hydrogen (secondary N) is 2. The van der Waals surface area contributed by atoms with E-state index in [4.69, 9.17) is 0 Å². The number of amides is 1. The Bertz CT molecular complexity index is 1010. The summed E-state index contributed by atoms with van der Waals surface area (Å²) in [7, 11) is 0. The second-order valence-corrected chi connectivity index (χ2v) is 5.53. The largest absolute Gasteiger partial charge is 0.345 e. The minimum Gasteiger partial charge on any atom is -0.345 e. The van der Waals surface area contributed by atoms with Crippen molar-refractivity contribution in [1.29, 1.82) is 0 Å². The average Bonchev–Trinajstić information content (AvgIpc) is 3.27. The molecular formula is C17H15N7O. The number of hydrogen-bond acceptors (Lipinski definition) is 5. The lowest BCUT2D eigenvalue weighted by atomic mass is 10.2. The Morgan fingerprint density at radius 1 is 1.12 bits per heavy atom. The molecule has 0 unspecified atom stereocenters. The zero-order valence-electron chi connectivity index (χ0n) is 13.3. The molecule has 0 aliphatic carbocycles. The Labute approximate surface area is 142 Å². The van der Waals surface area contributed by atoms with E-state index in [0.29, 0.717) is 17.9 Å². The van der Waals surface area contributed by atoms with Crippen LogP contribution in [0.25, 0.3) is 10.9 Å². The van der Waals surface area contributed by atoms with Crippen molar-refractivity contribution in [2.75, 3.05) is 0 Å². The molecule has 25 heavy (non-hydrogen) atoms. The molecule has 0 radical (unpaired) electrons. The number of fused-ring (bicyclic) bond motifs is 1. The number of aromatic amines is 1. The van der Waals surface area contributed by atoms with Crippen LogP contribution in [0.2, 0.25) is 0 Å². The van der Waals surface area contributed by atoms with Crippen molar-refractivity contribution in [3.05, 3.63) is 71.9 Å². The van der Waals surface area contributed by atoms with Crippen molar-refractivity contribution >= 4 is 16.8 Å². The first-order valence-electron chi connectivity index (χ1n) is 7.80. The molecular weight excluding hydrogens is 318 g/mol. The lowest BCUT2D eigenvalue weighted by molar-refractivity contribution is 0.0947. The quantitative estimate of drug-likeness (QED) is 0.577. The van der Waals surface area contributed by atoms with Gasteiger partial charge in [-0.3, -0.25) is 14.9 Å². The summed E-state index contributed by atoms with van der Waals surface area (Å²) >= 11 is 0. The third-order valence-corrected chi connectivity index (χ3v) is 3.75. The van der Waals surface area contributed by atoms with E-state index in [-0.39, 0.29) is 12.5 Å².